The van der Waals surface area contributed by atoms with Gasteiger partial charge < -0.3 is 10.1 Å². The lowest BCUT2D eigenvalue weighted by molar-refractivity contribution is -0.134. The molecule has 0 radical (unpaired) electrons. The Morgan fingerprint density at radius 2 is 1.77 bits per heavy atom. The van der Waals surface area contributed by atoms with Crippen molar-refractivity contribution in [3.05, 3.63) is 48.6 Å². The van der Waals surface area contributed by atoms with E-state index < -0.39 is 6.10 Å². The van der Waals surface area contributed by atoms with Crippen LogP contribution in [0.1, 0.15) is 52.2 Å². The van der Waals surface area contributed by atoms with Gasteiger partial charge in [-0.3, -0.25) is 4.79 Å². The number of piperidine rings is 1. The summed E-state index contributed by atoms with van der Waals surface area (Å²) in [7, 11) is 0. The van der Waals surface area contributed by atoms with Crippen molar-refractivity contribution in [1.82, 2.24) is 5.32 Å². The molecule has 1 heterocycles. The molecule has 1 atom stereocenters. The fourth-order valence-corrected chi connectivity index (χ4v) is 3.56. The fourth-order valence-electron chi connectivity index (χ4n) is 3.56. The highest BCUT2D eigenvalue weighted by Gasteiger charge is 2.39. The molecule has 0 saturated carbocycles. The number of nitrogens with one attached hydrogen (secondary N) is 1. The number of carbonyl (C=O) groups excluding carboxylic acids is 1. The van der Waals surface area contributed by atoms with Crippen LogP contribution in [-0.4, -0.2) is 23.0 Å². The molecule has 3 heteroatoms. The van der Waals surface area contributed by atoms with Gasteiger partial charge in [-0.15, -0.1) is 0 Å². The zero-order chi connectivity index (χ0) is 16.4. The predicted octanol–water partition coefficient (Wildman–Crippen LogP) is 3.81. The summed E-state index contributed by atoms with van der Waals surface area (Å²) < 4.78 is 6.24. The number of hydrogen-bond acceptors (Lipinski definition) is 3. The molecule has 1 saturated heterocycles. The van der Waals surface area contributed by atoms with Gasteiger partial charge in [0.1, 0.15) is 6.10 Å². The Labute approximate surface area is 133 Å². The van der Waals surface area contributed by atoms with E-state index in [1.54, 1.807) is 0 Å². The van der Waals surface area contributed by atoms with Crippen LogP contribution in [0.3, 0.4) is 0 Å². The average molecular weight is 301 g/mol. The van der Waals surface area contributed by atoms with Crippen LogP contribution >= 0.6 is 0 Å². The molecule has 1 aliphatic rings. The zero-order valence-electron chi connectivity index (χ0n) is 14.1. The number of benzene rings is 1. The lowest BCUT2D eigenvalue weighted by Crippen LogP contribution is -2.59. The summed E-state index contributed by atoms with van der Waals surface area (Å²) in [5.74, 6) is -0.0830. The van der Waals surface area contributed by atoms with Crippen LogP contribution in [0.5, 0.6) is 0 Å². The summed E-state index contributed by atoms with van der Waals surface area (Å²) in [4.78, 5) is 12.3. The average Bonchev–Trinajstić information content (AvgIpc) is 2.41. The van der Waals surface area contributed by atoms with Gasteiger partial charge in [0.05, 0.1) is 6.10 Å². The van der Waals surface area contributed by atoms with E-state index in [-0.39, 0.29) is 23.0 Å². The maximum atomic E-state index is 12.3. The molecular formula is C19H27NO2. The largest absolute Gasteiger partial charge is 0.362 e. The fraction of sp³-hybridized carbons (Fsp3) is 0.526. The van der Waals surface area contributed by atoms with Crippen molar-refractivity contribution >= 4 is 5.78 Å². The Morgan fingerprint density at radius 3 is 2.27 bits per heavy atom. The van der Waals surface area contributed by atoms with E-state index in [9.17, 15) is 4.79 Å². The van der Waals surface area contributed by atoms with Crippen molar-refractivity contribution in [2.75, 3.05) is 0 Å². The molecule has 22 heavy (non-hydrogen) atoms. The van der Waals surface area contributed by atoms with Gasteiger partial charge in [-0.2, -0.15) is 0 Å². The standard InChI is InChI=1S/C19H27NO2/c1-6-16(21)17(14-10-8-7-9-11-14)22-15-12-18(2,3)20-19(4,5)13-15/h6-11,15,17,20H,1,12-13H2,2-5H3. The molecule has 1 aliphatic heterocycles. The van der Waals surface area contributed by atoms with E-state index in [0.717, 1.165) is 18.4 Å². The van der Waals surface area contributed by atoms with E-state index in [1.165, 1.54) is 6.08 Å². The minimum atomic E-state index is -0.562. The molecule has 1 aromatic rings. The van der Waals surface area contributed by atoms with Crippen LogP contribution in [0, 0.1) is 0 Å². The monoisotopic (exact) mass is 301 g/mol. The number of carbonyl (C=O) groups is 1. The van der Waals surface area contributed by atoms with Gasteiger partial charge in [-0.05, 0) is 52.2 Å². The van der Waals surface area contributed by atoms with Gasteiger partial charge in [0.25, 0.3) is 0 Å². The molecular weight excluding hydrogens is 274 g/mol. The Bertz CT molecular complexity index is 518. The number of rotatable bonds is 5. The molecule has 1 N–H and O–H groups in total. The topological polar surface area (TPSA) is 38.3 Å². The van der Waals surface area contributed by atoms with Gasteiger partial charge in [0.2, 0.25) is 0 Å². The van der Waals surface area contributed by atoms with Crippen molar-refractivity contribution in [3.63, 3.8) is 0 Å². The zero-order valence-corrected chi connectivity index (χ0v) is 14.1. The first kappa shape index (κ1) is 16.9. The van der Waals surface area contributed by atoms with Crippen molar-refractivity contribution in [1.29, 1.82) is 0 Å². The van der Waals surface area contributed by atoms with Crippen molar-refractivity contribution in [3.8, 4) is 0 Å². The maximum Gasteiger partial charge on any atom is 0.188 e. The molecule has 0 aliphatic carbocycles. The van der Waals surface area contributed by atoms with Gasteiger partial charge in [0, 0.05) is 11.1 Å². The van der Waals surface area contributed by atoms with E-state index in [4.69, 9.17) is 4.74 Å². The Kier molecular flexibility index (Phi) is 4.88. The SMILES string of the molecule is C=CC(=O)C(OC1CC(C)(C)NC(C)(C)C1)c1ccccc1. The Balaban J connectivity index is 2.20. The number of hydrogen-bond donors (Lipinski definition) is 1. The summed E-state index contributed by atoms with van der Waals surface area (Å²) >= 11 is 0. The highest BCUT2D eigenvalue weighted by molar-refractivity contribution is 5.93. The summed E-state index contributed by atoms with van der Waals surface area (Å²) in [5.41, 5.74) is 0.872. The number of ether oxygens (including phenoxy) is 1. The quantitative estimate of drug-likeness (QED) is 0.841. The first-order valence-corrected chi connectivity index (χ1v) is 7.88. The van der Waals surface area contributed by atoms with E-state index >= 15 is 0 Å². The molecule has 120 valence electrons. The highest BCUT2D eigenvalue weighted by Crippen LogP contribution is 2.33. The summed E-state index contributed by atoms with van der Waals surface area (Å²) in [6.45, 7) is 12.3. The molecule has 1 aromatic carbocycles. The normalized spacial score (nSPS) is 22.0. The second-order valence-corrected chi connectivity index (χ2v) is 7.46. The highest BCUT2D eigenvalue weighted by atomic mass is 16.5. The minimum absolute atomic E-state index is 0.00905. The van der Waals surface area contributed by atoms with Crippen LogP contribution in [0.25, 0.3) is 0 Å². The third-order valence-electron chi connectivity index (χ3n) is 4.04. The smallest absolute Gasteiger partial charge is 0.188 e. The lowest BCUT2D eigenvalue weighted by Gasteiger charge is -2.46. The van der Waals surface area contributed by atoms with Crippen LogP contribution in [-0.2, 0) is 9.53 Å². The van der Waals surface area contributed by atoms with Crippen LogP contribution in [0.15, 0.2) is 43.0 Å². The molecule has 2 rings (SSSR count). The first-order chi connectivity index (χ1) is 10.2. The third-order valence-corrected chi connectivity index (χ3v) is 4.04. The van der Waals surface area contributed by atoms with E-state index in [2.05, 4.69) is 39.6 Å². The summed E-state index contributed by atoms with van der Waals surface area (Å²) in [6, 6.07) is 9.67. The third kappa shape index (κ3) is 4.28. The van der Waals surface area contributed by atoms with Gasteiger partial charge in [-0.25, -0.2) is 0 Å². The minimum Gasteiger partial charge on any atom is -0.362 e. The predicted molar refractivity (Wildman–Crippen MR) is 89.8 cm³/mol. The Hall–Kier alpha value is -1.45. The van der Waals surface area contributed by atoms with Crippen LogP contribution in [0.2, 0.25) is 0 Å². The molecule has 1 fully saturated rings. The van der Waals surface area contributed by atoms with Crippen LogP contribution < -0.4 is 5.32 Å². The van der Waals surface area contributed by atoms with Gasteiger partial charge >= 0.3 is 0 Å². The molecule has 0 aromatic heterocycles. The second-order valence-electron chi connectivity index (χ2n) is 7.46. The van der Waals surface area contributed by atoms with Crippen LogP contribution in [0.4, 0.5) is 0 Å². The lowest BCUT2D eigenvalue weighted by atomic mass is 9.81. The second kappa shape index (κ2) is 6.35. The summed E-state index contributed by atoms with van der Waals surface area (Å²) in [6.07, 6.45) is 2.59. The molecule has 1 unspecified atom stereocenters. The number of ketones is 1. The Morgan fingerprint density at radius 1 is 1.23 bits per heavy atom. The molecule has 0 amide bonds. The maximum absolute atomic E-state index is 12.3. The van der Waals surface area contributed by atoms with Gasteiger partial charge in [0.15, 0.2) is 5.78 Å². The van der Waals surface area contributed by atoms with E-state index in [0.29, 0.717) is 0 Å². The van der Waals surface area contributed by atoms with Crippen molar-refractivity contribution in [2.45, 2.75) is 63.8 Å². The van der Waals surface area contributed by atoms with Gasteiger partial charge in [-0.1, -0.05) is 36.9 Å². The first-order valence-electron chi connectivity index (χ1n) is 7.88. The summed E-state index contributed by atoms with van der Waals surface area (Å²) in [5, 5.41) is 3.63. The molecule has 0 bridgehead atoms. The van der Waals surface area contributed by atoms with Crippen molar-refractivity contribution < 1.29 is 9.53 Å². The molecule has 3 nitrogen and oxygen atoms in total. The van der Waals surface area contributed by atoms with Crippen molar-refractivity contribution in [2.24, 2.45) is 0 Å². The molecule has 0 spiro atoms. The van der Waals surface area contributed by atoms with E-state index in [1.807, 2.05) is 30.3 Å².